The van der Waals surface area contributed by atoms with Gasteiger partial charge in [-0.2, -0.15) is 23.5 Å². The van der Waals surface area contributed by atoms with Gasteiger partial charge in [0.25, 0.3) is 0 Å². The lowest BCUT2D eigenvalue weighted by molar-refractivity contribution is 0.0782. The van der Waals surface area contributed by atoms with Crippen LogP contribution in [0.1, 0.15) is 12.8 Å². The molecule has 4 nitrogen and oxygen atoms in total. The smallest absolute Gasteiger partial charge is 0.142 e. The van der Waals surface area contributed by atoms with Gasteiger partial charge in [-0.05, 0) is 31.5 Å². The molecule has 0 spiro atoms. The molecule has 3 fully saturated rings. The lowest BCUT2D eigenvalue weighted by Crippen LogP contribution is -2.57. The van der Waals surface area contributed by atoms with E-state index in [1.54, 1.807) is 7.11 Å². The number of ether oxygens (including phenoxy) is 1. The van der Waals surface area contributed by atoms with E-state index in [0.717, 1.165) is 30.9 Å². The van der Waals surface area contributed by atoms with E-state index in [1.165, 1.54) is 67.7 Å². The van der Waals surface area contributed by atoms with Crippen LogP contribution in [0.5, 0.6) is 5.75 Å². The van der Waals surface area contributed by atoms with Gasteiger partial charge in [0.1, 0.15) is 5.75 Å². The molecule has 1 aromatic carbocycles. The van der Waals surface area contributed by atoms with E-state index in [2.05, 4.69) is 62.5 Å². The van der Waals surface area contributed by atoms with Crippen molar-refractivity contribution in [3.05, 3.63) is 24.3 Å². The SMILES string of the molecule is COc1ccccc1N1CCN(C2CCCN(C3CSCCSC3)C2)CC1. The molecule has 4 rings (SSSR count). The average Bonchev–Trinajstić information content (AvgIpc) is 3.04. The van der Waals surface area contributed by atoms with E-state index in [4.69, 9.17) is 4.74 Å². The van der Waals surface area contributed by atoms with Crippen LogP contribution in [0, 0.1) is 0 Å². The minimum Gasteiger partial charge on any atom is -0.495 e. The zero-order chi connectivity index (χ0) is 18.5. The molecule has 150 valence electrons. The van der Waals surface area contributed by atoms with Crippen LogP contribution in [0.25, 0.3) is 0 Å². The van der Waals surface area contributed by atoms with E-state index in [9.17, 15) is 0 Å². The van der Waals surface area contributed by atoms with Crippen LogP contribution in [0.15, 0.2) is 24.3 Å². The normalized spacial score (nSPS) is 26.7. The predicted octanol–water partition coefficient (Wildman–Crippen LogP) is 3.13. The Labute approximate surface area is 173 Å². The van der Waals surface area contributed by atoms with Gasteiger partial charge in [-0.3, -0.25) is 9.80 Å². The van der Waals surface area contributed by atoms with E-state index in [1.807, 2.05) is 0 Å². The molecule has 1 unspecified atom stereocenters. The summed E-state index contributed by atoms with van der Waals surface area (Å²) in [7, 11) is 1.77. The van der Waals surface area contributed by atoms with Crippen LogP contribution in [0.3, 0.4) is 0 Å². The molecule has 1 aromatic rings. The van der Waals surface area contributed by atoms with E-state index in [-0.39, 0.29) is 0 Å². The molecular weight excluding hydrogens is 374 g/mol. The van der Waals surface area contributed by atoms with Crippen molar-refractivity contribution in [2.45, 2.75) is 24.9 Å². The number of rotatable bonds is 4. The lowest BCUT2D eigenvalue weighted by atomic mass is 10.0. The molecule has 0 N–H and O–H groups in total. The van der Waals surface area contributed by atoms with Crippen LogP contribution < -0.4 is 9.64 Å². The first-order chi connectivity index (χ1) is 13.3. The summed E-state index contributed by atoms with van der Waals surface area (Å²) in [6.45, 7) is 7.14. The lowest BCUT2D eigenvalue weighted by Gasteiger charge is -2.45. The summed E-state index contributed by atoms with van der Waals surface area (Å²) < 4.78 is 5.57. The molecule has 3 saturated heterocycles. The summed E-state index contributed by atoms with van der Waals surface area (Å²) in [4.78, 5) is 8.07. The molecule has 0 saturated carbocycles. The third kappa shape index (κ3) is 4.89. The van der Waals surface area contributed by atoms with E-state index in [0.29, 0.717) is 0 Å². The zero-order valence-electron chi connectivity index (χ0n) is 16.5. The number of anilines is 1. The number of benzene rings is 1. The summed E-state index contributed by atoms with van der Waals surface area (Å²) in [6.07, 6.45) is 2.74. The molecule has 27 heavy (non-hydrogen) atoms. The molecule has 0 bridgehead atoms. The highest BCUT2D eigenvalue weighted by Gasteiger charge is 2.31. The Morgan fingerprint density at radius 3 is 2.37 bits per heavy atom. The van der Waals surface area contributed by atoms with Crippen LogP contribution in [-0.4, -0.2) is 91.3 Å². The Balaban J connectivity index is 1.32. The fraction of sp³-hybridized carbons (Fsp3) is 0.714. The Morgan fingerprint density at radius 2 is 1.63 bits per heavy atom. The summed E-state index contributed by atoms with van der Waals surface area (Å²) in [5.74, 6) is 6.34. The quantitative estimate of drug-likeness (QED) is 0.758. The van der Waals surface area contributed by atoms with Crippen molar-refractivity contribution in [3.8, 4) is 5.75 Å². The number of piperidine rings is 1. The van der Waals surface area contributed by atoms with Crippen LogP contribution in [0.2, 0.25) is 0 Å². The largest absolute Gasteiger partial charge is 0.495 e. The first kappa shape index (κ1) is 19.7. The molecule has 0 aromatic heterocycles. The molecule has 0 radical (unpaired) electrons. The highest BCUT2D eigenvalue weighted by atomic mass is 32.2. The second kappa shape index (κ2) is 9.77. The van der Waals surface area contributed by atoms with Gasteiger partial charge in [-0.15, -0.1) is 0 Å². The Bertz CT molecular complexity index is 587. The summed E-state index contributed by atoms with van der Waals surface area (Å²) in [6, 6.07) is 9.98. The minimum atomic E-state index is 0.747. The van der Waals surface area contributed by atoms with Gasteiger partial charge in [0.2, 0.25) is 0 Å². The number of hydrogen-bond donors (Lipinski definition) is 0. The number of piperazine rings is 1. The standard InChI is InChI=1S/C21H33N3OS2/c1-25-21-7-3-2-6-20(21)23-11-9-22(10-12-23)18-5-4-8-24(15-18)19-16-26-13-14-27-17-19/h2-3,6-7,18-19H,4-5,8-17H2,1H3. The van der Waals surface area contributed by atoms with Gasteiger partial charge in [-0.1, -0.05) is 12.1 Å². The van der Waals surface area contributed by atoms with Crippen LogP contribution in [-0.2, 0) is 0 Å². The highest BCUT2D eigenvalue weighted by Crippen LogP contribution is 2.30. The molecule has 6 heteroatoms. The van der Waals surface area contributed by atoms with Crippen molar-refractivity contribution in [1.82, 2.24) is 9.80 Å². The predicted molar refractivity (Wildman–Crippen MR) is 120 cm³/mol. The topological polar surface area (TPSA) is 19.0 Å². The third-order valence-electron chi connectivity index (χ3n) is 6.19. The van der Waals surface area contributed by atoms with Gasteiger partial charge in [0.15, 0.2) is 0 Å². The first-order valence-electron chi connectivity index (χ1n) is 10.4. The molecule has 3 aliphatic rings. The Kier molecular flexibility index (Phi) is 7.14. The monoisotopic (exact) mass is 407 g/mol. The molecule has 1 atom stereocenters. The fourth-order valence-corrected chi connectivity index (χ4v) is 7.27. The van der Waals surface area contributed by atoms with Crippen molar-refractivity contribution >= 4 is 29.2 Å². The van der Waals surface area contributed by atoms with Gasteiger partial charge >= 0.3 is 0 Å². The number of likely N-dealkylation sites (tertiary alicyclic amines) is 1. The molecule has 0 amide bonds. The maximum Gasteiger partial charge on any atom is 0.142 e. The van der Waals surface area contributed by atoms with Gasteiger partial charge in [0.05, 0.1) is 12.8 Å². The van der Waals surface area contributed by atoms with Crippen molar-refractivity contribution in [2.75, 3.05) is 74.3 Å². The minimum absolute atomic E-state index is 0.747. The Morgan fingerprint density at radius 1 is 0.889 bits per heavy atom. The van der Waals surface area contributed by atoms with Gasteiger partial charge in [-0.25, -0.2) is 0 Å². The maximum atomic E-state index is 5.57. The molecule has 3 heterocycles. The van der Waals surface area contributed by atoms with Gasteiger partial charge < -0.3 is 9.64 Å². The van der Waals surface area contributed by atoms with Crippen LogP contribution >= 0.6 is 23.5 Å². The van der Waals surface area contributed by atoms with Crippen molar-refractivity contribution in [2.24, 2.45) is 0 Å². The second-order valence-corrected chi connectivity index (χ2v) is 10.1. The maximum absolute atomic E-state index is 5.57. The second-order valence-electron chi connectivity index (χ2n) is 7.79. The third-order valence-corrected chi connectivity index (χ3v) is 8.68. The number of para-hydroxylation sites is 2. The molecule has 3 aliphatic heterocycles. The summed E-state index contributed by atoms with van der Waals surface area (Å²) in [5, 5.41) is 0. The van der Waals surface area contributed by atoms with Crippen molar-refractivity contribution < 1.29 is 4.74 Å². The van der Waals surface area contributed by atoms with Crippen LogP contribution in [0.4, 0.5) is 5.69 Å². The molecular formula is C21H33N3OS2. The number of thioether (sulfide) groups is 2. The average molecular weight is 408 g/mol. The molecule has 0 aliphatic carbocycles. The fourth-order valence-electron chi connectivity index (χ4n) is 4.65. The Hall–Kier alpha value is -0.560. The van der Waals surface area contributed by atoms with Crippen molar-refractivity contribution in [1.29, 1.82) is 0 Å². The summed E-state index contributed by atoms with van der Waals surface area (Å²) >= 11 is 4.32. The van der Waals surface area contributed by atoms with Crippen molar-refractivity contribution in [3.63, 3.8) is 0 Å². The zero-order valence-corrected chi connectivity index (χ0v) is 18.1. The van der Waals surface area contributed by atoms with E-state index < -0.39 is 0 Å². The van der Waals surface area contributed by atoms with Gasteiger partial charge in [0, 0.05) is 67.8 Å². The number of hydrogen-bond acceptors (Lipinski definition) is 6. The number of methoxy groups -OCH3 is 1. The van der Waals surface area contributed by atoms with E-state index >= 15 is 0 Å². The highest BCUT2D eigenvalue weighted by molar-refractivity contribution is 8.03. The first-order valence-corrected chi connectivity index (χ1v) is 12.7. The summed E-state index contributed by atoms with van der Waals surface area (Å²) in [5.41, 5.74) is 1.25. The number of nitrogens with zero attached hydrogens (tertiary/aromatic N) is 3.